The standard InChI is InChI=1S/C25H31N3O6S/c1-17-14-28(18(2)16-29)35(32,33)24-8-7-20(6-5-19(3)30)13-22(24)34-23(17)15-27(4)25(31)21-9-11-26-12-10-21/h7-13,17-19,23,29-30H,14-16H2,1-4H3/t17-,18+,19-,23+/m0/s1. The maximum Gasteiger partial charge on any atom is 0.253 e. The average molecular weight is 502 g/mol. The Kier molecular flexibility index (Phi) is 8.51. The Morgan fingerprint density at radius 3 is 2.60 bits per heavy atom. The molecule has 1 aliphatic rings. The maximum absolute atomic E-state index is 13.5. The summed E-state index contributed by atoms with van der Waals surface area (Å²) in [5.41, 5.74) is 0.963. The first-order chi connectivity index (χ1) is 16.5. The van der Waals surface area contributed by atoms with E-state index in [0.29, 0.717) is 11.1 Å². The average Bonchev–Trinajstić information content (AvgIpc) is 2.84. The molecule has 0 spiro atoms. The number of hydrogen-bond acceptors (Lipinski definition) is 7. The molecule has 1 aromatic heterocycles. The van der Waals surface area contributed by atoms with Crippen LogP contribution < -0.4 is 4.74 Å². The molecule has 0 saturated heterocycles. The van der Waals surface area contributed by atoms with Gasteiger partial charge in [0, 0.05) is 49.1 Å². The molecule has 0 aliphatic carbocycles. The zero-order valence-electron chi connectivity index (χ0n) is 20.2. The maximum atomic E-state index is 13.5. The molecule has 0 saturated carbocycles. The summed E-state index contributed by atoms with van der Waals surface area (Å²) < 4.78 is 34.5. The Balaban J connectivity index is 2.02. The second kappa shape index (κ2) is 11.2. The summed E-state index contributed by atoms with van der Waals surface area (Å²) in [4.78, 5) is 18.3. The summed E-state index contributed by atoms with van der Waals surface area (Å²) in [5.74, 6) is 5.03. The zero-order chi connectivity index (χ0) is 25.8. The molecule has 2 aromatic rings. The van der Waals surface area contributed by atoms with Gasteiger partial charge < -0.3 is 19.8 Å². The molecular weight excluding hydrogens is 470 g/mol. The van der Waals surface area contributed by atoms with Crippen molar-refractivity contribution in [2.24, 2.45) is 5.92 Å². The molecule has 3 rings (SSSR count). The van der Waals surface area contributed by atoms with Crippen LogP contribution in [0.4, 0.5) is 0 Å². The third kappa shape index (κ3) is 6.18. The number of amides is 1. The van der Waals surface area contributed by atoms with Gasteiger partial charge in [-0.15, -0.1) is 0 Å². The fourth-order valence-corrected chi connectivity index (χ4v) is 5.60. The fourth-order valence-electron chi connectivity index (χ4n) is 3.78. The number of benzene rings is 1. The number of carbonyl (C=O) groups excluding carboxylic acids is 1. The minimum atomic E-state index is -3.98. The first kappa shape index (κ1) is 26.6. The van der Waals surface area contributed by atoms with Crippen LogP contribution in [0.25, 0.3) is 0 Å². The molecule has 2 N–H and O–H groups in total. The van der Waals surface area contributed by atoms with Crippen molar-refractivity contribution in [1.82, 2.24) is 14.2 Å². The molecule has 0 bridgehead atoms. The molecule has 0 radical (unpaired) electrons. The van der Waals surface area contributed by atoms with E-state index in [9.17, 15) is 23.4 Å². The van der Waals surface area contributed by atoms with Gasteiger partial charge in [0.25, 0.3) is 5.91 Å². The number of ether oxygens (including phenoxy) is 1. The van der Waals surface area contributed by atoms with E-state index < -0.39 is 28.3 Å². The monoisotopic (exact) mass is 501 g/mol. The Bertz CT molecular complexity index is 1210. The molecule has 1 aliphatic heterocycles. The summed E-state index contributed by atoms with van der Waals surface area (Å²) in [6.45, 7) is 4.99. The Hall–Kier alpha value is -2.97. The number of hydrogen-bond donors (Lipinski definition) is 2. The number of aliphatic hydroxyl groups is 2. The first-order valence-electron chi connectivity index (χ1n) is 11.3. The molecule has 1 amide bonds. The third-order valence-electron chi connectivity index (χ3n) is 5.82. The van der Waals surface area contributed by atoms with Crippen molar-refractivity contribution < 1.29 is 28.2 Å². The molecule has 9 nitrogen and oxygen atoms in total. The number of aliphatic hydroxyl groups excluding tert-OH is 2. The minimum absolute atomic E-state index is 0.0413. The van der Waals surface area contributed by atoms with E-state index in [1.54, 1.807) is 44.6 Å². The van der Waals surface area contributed by atoms with Gasteiger partial charge in [0.2, 0.25) is 10.0 Å². The predicted molar refractivity (Wildman–Crippen MR) is 130 cm³/mol. The van der Waals surface area contributed by atoms with Crippen molar-refractivity contribution >= 4 is 15.9 Å². The van der Waals surface area contributed by atoms with Crippen molar-refractivity contribution in [2.75, 3.05) is 26.7 Å². The summed E-state index contributed by atoms with van der Waals surface area (Å²) in [6.07, 6.45) is 1.69. The Labute approximate surface area is 206 Å². The fraction of sp³-hybridized carbons (Fsp3) is 0.440. The largest absolute Gasteiger partial charge is 0.487 e. The molecule has 10 heteroatoms. The number of sulfonamides is 1. The zero-order valence-corrected chi connectivity index (χ0v) is 21.1. The van der Waals surface area contributed by atoms with Gasteiger partial charge in [0.15, 0.2) is 0 Å². The Morgan fingerprint density at radius 1 is 1.29 bits per heavy atom. The van der Waals surface area contributed by atoms with Crippen LogP contribution >= 0.6 is 0 Å². The number of nitrogens with zero attached hydrogens (tertiary/aromatic N) is 3. The second-order valence-electron chi connectivity index (χ2n) is 8.77. The minimum Gasteiger partial charge on any atom is -0.487 e. The van der Waals surface area contributed by atoms with E-state index in [1.807, 2.05) is 6.92 Å². The van der Waals surface area contributed by atoms with E-state index in [-0.39, 0.29) is 42.2 Å². The lowest BCUT2D eigenvalue weighted by molar-refractivity contribution is 0.0563. The summed E-state index contributed by atoms with van der Waals surface area (Å²) in [6, 6.07) is 7.10. The number of carbonyl (C=O) groups is 1. The highest BCUT2D eigenvalue weighted by atomic mass is 32.2. The lowest BCUT2D eigenvalue weighted by Gasteiger charge is -2.37. The van der Waals surface area contributed by atoms with Crippen LogP contribution in [0.5, 0.6) is 5.75 Å². The molecule has 188 valence electrons. The van der Waals surface area contributed by atoms with Gasteiger partial charge in [-0.25, -0.2) is 8.42 Å². The van der Waals surface area contributed by atoms with Crippen LogP contribution in [0.2, 0.25) is 0 Å². The van der Waals surface area contributed by atoms with Crippen LogP contribution in [-0.4, -0.2) is 83.7 Å². The van der Waals surface area contributed by atoms with Crippen LogP contribution in [0, 0.1) is 17.8 Å². The SMILES string of the molecule is C[C@H](O)C#Cc1ccc2c(c1)O[C@H](CN(C)C(=O)c1ccncc1)[C@@H](C)CN([C@H](C)CO)S2(=O)=O. The van der Waals surface area contributed by atoms with Gasteiger partial charge in [0.05, 0.1) is 13.2 Å². The quantitative estimate of drug-likeness (QED) is 0.594. The first-order valence-corrected chi connectivity index (χ1v) is 12.8. The van der Waals surface area contributed by atoms with E-state index in [1.165, 1.54) is 28.3 Å². The van der Waals surface area contributed by atoms with Gasteiger partial charge in [-0.2, -0.15) is 4.31 Å². The van der Waals surface area contributed by atoms with Crippen LogP contribution in [0.1, 0.15) is 36.7 Å². The van der Waals surface area contributed by atoms with Crippen molar-refractivity contribution in [3.63, 3.8) is 0 Å². The predicted octanol–water partition coefficient (Wildman–Crippen LogP) is 1.35. The topological polar surface area (TPSA) is 120 Å². The van der Waals surface area contributed by atoms with E-state index in [4.69, 9.17) is 4.74 Å². The van der Waals surface area contributed by atoms with Crippen LogP contribution in [-0.2, 0) is 10.0 Å². The third-order valence-corrected chi connectivity index (χ3v) is 7.84. The number of aromatic nitrogens is 1. The van der Waals surface area contributed by atoms with Crippen molar-refractivity contribution in [2.45, 2.75) is 43.9 Å². The second-order valence-corrected chi connectivity index (χ2v) is 10.6. The van der Waals surface area contributed by atoms with Crippen molar-refractivity contribution in [3.8, 4) is 17.6 Å². The highest BCUT2D eigenvalue weighted by molar-refractivity contribution is 7.89. The van der Waals surface area contributed by atoms with E-state index in [0.717, 1.165) is 0 Å². The van der Waals surface area contributed by atoms with Crippen LogP contribution in [0.3, 0.4) is 0 Å². The van der Waals surface area contributed by atoms with E-state index >= 15 is 0 Å². The Morgan fingerprint density at radius 2 is 1.97 bits per heavy atom. The molecular formula is C25H31N3O6S. The molecule has 1 aromatic carbocycles. The van der Waals surface area contributed by atoms with Gasteiger partial charge >= 0.3 is 0 Å². The molecule has 4 atom stereocenters. The summed E-state index contributed by atoms with van der Waals surface area (Å²) in [7, 11) is -2.32. The van der Waals surface area contributed by atoms with Gasteiger partial charge in [-0.1, -0.05) is 18.8 Å². The van der Waals surface area contributed by atoms with Gasteiger partial charge in [-0.05, 0) is 44.2 Å². The highest BCUT2D eigenvalue weighted by Crippen LogP contribution is 2.34. The van der Waals surface area contributed by atoms with Gasteiger partial charge in [0.1, 0.15) is 22.9 Å². The number of pyridine rings is 1. The van der Waals surface area contributed by atoms with Crippen molar-refractivity contribution in [1.29, 1.82) is 0 Å². The van der Waals surface area contributed by atoms with Crippen LogP contribution in [0.15, 0.2) is 47.6 Å². The molecule has 35 heavy (non-hydrogen) atoms. The summed E-state index contributed by atoms with van der Waals surface area (Å²) >= 11 is 0. The molecule has 0 fully saturated rings. The normalized spacial score (nSPS) is 21.2. The molecule has 2 heterocycles. The highest BCUT2D eigenvalue weighted by Gasteiger charge is 2.38. The lowest BCUT2D eigenvalue weighted by atomic mass is 10.0. The van der Waals surface area contributed by atoms with E-state index in [2.05, 4.69) is 16.8 Å². The van der Waals surface area contributed by atoms with Gasteiger partial charge in [-0.3, -0.25) is 9.78 Å². The lowest BCUT2D eigenvalue weighted by Crippen LogP contribution is -2.50. The van der Waals surface area contributed by atoms with Crippen molar-refractivity contribution in [3.05, 3.63) is 53.9 Å². The summed E-state index contributed by atoms with van der Waals surface area (Å²) in [5, 5.41) is 19.2. The smallest absolute Gasteiger partial charge is 0.253 e. The number of rotatable bonds is 5. The molecule has 0 unspecified atom stereocenters. The number of fused-ring (bicyclic) bond motifs is 1. The number of likely N-dealkylation sites (N-methyl/N-ethyl adjacent to an activating group) is 1.